The van der Waals surface area contributed by atoms with Gasteiger partial charge in [0.15, 0.2) is 0 Å². The van der Waals surface area contributed by atoms with Crippen LogP contribution in [0.1, 0.15) is 28.5 Å². The number of anilines is 3. The van der Waals surface area contributed by atoms with Crippen LogP contribution in [-0.2, 0) is 11.4 Å². The fraction of sp³-hybridized carbons (Fsp3) is 0.333. The first-order valence-corrected chi connectivity index (χ1v) is 11.0. The number of halogens is 1. The minimum absolute atomic E-state index is 0.327. The van der Waals surface area contributed by atoms with Crippen LogP contribution in [-0.4, -0.2) is 53.7 Å². The number of aromatic nitrogens is 3. The van der Waals surface area contributed by atoms with E-state index in [9.17, 15) is 9.18 Å². The largest absolute Gasteiger partial charge is 0.378 e. The summed E-state index contributed by atoms with van der Waals surface area (Å²) in [6.45, 7) is 6.78. The highest BCUT2D eigenvalue weighted by Gasteiger charge is 2.17. The summed E-state index contributed by atoms with van der Waals surface area (Å²) >= 11 is 0. The molecule has 0 bridgehead atoms. The summed E-state index contributed by atoms with van der Waals surface area (Å²) in [5.41, 5.74) is 3.66. The number of carbonyl (C=O) groups is 1. The normalized spacial score (nSPS) is 13.6. The van der Waals surface area contributed by atoms with Crippen molar-refractivity contribution in [3.05, 3.63) is 59.4 Å². The van der Waals surface area contributed by atoms with Gasteiger partial charge in [0.2, 0.25) is 5.95 Å². The zero-order valence-corrected chi connectivity index (χ0v) is 18.8. The molecule has 0 atom stereocenters. The highest BCUT2D eigenvalue weighted by atomic mass is 19.1. The first-order chi connectivity index (χ1) is 16.1. The Morgan fingerprint density at radius 3 is 2.76 bits per heavy atom. The number of hydrogen-bond acceptors (Lipinski definition) is 7. The van der Waals surface area contributed by atoms with E-state index in [0.717, 1.165) is 30.2 Å². The zero-order chi connectivity index (χ0) is 23.2. The van der Waals surface area contributed by atoms with E-state index in [1.54, 1.807) is 30.5 Å². The molecule has 2 N–H and O–H groups in total. The van der Waals surface area contributed by atoms with E-state index in [-0.39, 0.29) is 5.91 Å². The molecule has 0 spiro atoms. The number of nitrogens with zero attached hydrogens (tertiary/aromatic N) is 4. The molecule has 0 radical (unpaired) electrons. The lowest BCUT2D eigenvalue weighted by molar-refractivity contribution is 0.102. The van der Waals surface area contributed by atoms with Gasteiger partial charge in [-0.05, 0) is 37.6 Å². The van der Waals surface area contributed by atoms with E-state index in [2.05, 4.69) is 30.5 Å². The second-order valence-corrected chi connectivity index (χ2v) is 7.71. The molecule has 3 heterocycles. The minimum Gasteiger partial charge on any atom is -0.378 e. The van der Waals surface area contributed by atoms with Crippen molar-refractivity contribution in [1.29, 1.82) is 0 Å². The minimum atomic E-state index is -0.620. The van der Waals surface area contributed by atoms with Gasteiger partial charge < -0.3 is 20.3 Å². The molecule has 4 rings (SSSR count). The Kier molecular flexibility index (Phi) is 7.09. The molecule has 33 heavy (non-hydrogen) atoms. The van der Waals surface area contributed by atoms with Crippen molar-refractivity contribution in [1.82, 2.24) is 15.0 Å². The summed E-state index contributed by atoms with van der Waals surface area (Å²) in [5.74, 6) is 1.02. The van der Waals surface area contributed by atoms with E-state index in [1.165, 1.54) is 0 Å². The molecule has 1 saturated heterocycles. The zero-order valence-electron chi connectivity index (χ0n) is 18.8. The van der Waals surface area contributed by atoms with E-state index in [0.29, 0.717) is 48.2 Å². The van der Waals surface area contributed by atoms with Crippen molar-refractivity contribution in [2.24, 2.45) is 0 Å². The van der Waals surface area contributed by atoms with Crippen LogP contribution in [0.3, 0.4) is 0 Å². The van der Waals surface area contributed by atoms with E-state index >= 15 is 0 Å². The topological polar surface area (TPSA) is 92.3 Å². The maximum Gasteiger partial charge on any atom is 0.255 e. The van der Waals surface area contributed by atoms with Gasteiger partial charge >= 0.3 is 0 Å². The standard InChI is InChI=1S/C24H27FN6O2/c1-3-26-24-29-21(13-22(30-24)31-7-9-33-10-8-31)20-12-19(15-27-16(20)2)28-23(32)18-6-4-5-17(11-18)14-25/h4-6,11-13,15H,3,7-10,14H2,1-2H3,(H,28,32)(H,26,29,30). The highest BCUT2D eigenvalue weighted by molar-refractivity contribution is 6.04. The average molecular weight is 451 g/mol. The predicted octanol–water partition coefficient (Wildman–Crippen LogP) is 3.84. The van der Waals surface area contributed by atoms with Crippen molar-refractivity contribution in [2.75, 3.05) is 48.4 Å². The lowest BCUT2D eigenvalue weighted by Crippen LogP contribution is -2.37. The number of benzene rings is 1. The van der Waals surface area contributed by atoms with Crippen LogP contribution in [0.5, 0.6) is 0 Å². The number of morpholine rings is 1. The van der Waals surface area contributed by atoms with E-state index in [1.807, 2.05) is 26.0 Å². The number of carbonyl (C=O) groups excluding carboxylic acids is 1. The molecule has 1 aliphatic rings. The number of ether oxygens (including phenoxy) is 1. The number of hydrogen-bond donors (Lipinski definition) is 2. The van der Waals surface area contributed by atoms with Crippen LogP contribution in [0.2, 0.25) is 0 Å². The van der Waals surface area contributed by atoms with Crippen LogP contribution in [0.25, 0.3) is 11.3 Å². The molecule has 3 aromatic rings. The van der Waals surface area contributed by atoms with Crippen LogP contribution in [0.15, 0.2) is 42.6 Å². The summed E-state index contributed by atoms with van der Waals surface area (Å²) < 4.78 is 18.4. The van der Waals surface area contributed by atoms with E-state index < -0.39 is 6.67 Å². The van der Waals surface area contributed by atoms with Gasteiger partial charge in [0.1, 0.15) is 12.5 Å². The van der Waals surface area contributed by atoms with Gasteiger partial charge in [0.05, 0.1) is 30.8 Å². The molecule has 1 amide bonds. The van der Waals surface area contributed by atoms with E-state index in [4.69, 9.17) is 4.74 Å². The molecule has 1 aromatic carbocycles. The lowest BCUT2D eigenvalue weighted by Gasteiger charge is -2.28. The molecule has 1 aliphatic heterocycles. The van der Waals surface area contributed by atoms with Gasteiger partial charge in [-0.2, -0.15) is 4.98 Å². The van der Waals surface area contributed by atoms with Crippen molar-refractivity contribution in [2.45, 2.75) is 20.5 Å². The molecule has 1 fully saturated rings. The Morgan fingerprint density at radius 2 is 2.00 bits per heavy atom. The Bertz CT molecular complexity index is 1130. The fourth-order valence-corrected chi connectivity index (χ4v) is 3.62. The van der Waals surface area contributed by atoms with Gasteiger partial charge in [-0.25, -0.2) is 9.37 Å². The fourth-order valence-electron chi connectivity index (χ4n) is 3.62. The number of pyridine rings is 1. The average Bonchev–Trinajstić information content (AvgIpc) is 2.85. The highest BCUT2D eigenvalue weighted by Crippen LogP contribution is 2.28. The number of nitrogens with one attached hydrogen (secondary N) is 2. The maximum atomic E-state index is 13.0. The van der Waals surface area contributed by atoms with Gasteiger partial charge in [-0.3, -0.25) is 9.78 Å². The second kappa shape index (κ2) is 10.4. The second-order valence-electron chi connectivity index (χ2n) is 7.71. The van der Waals surface area contributed by atoms with Crippen LogP contribution in [0.4, 0.5) is 21.8 Å². The molecular weight excluding hydrogens is 423 g/mol. The number of alkyl halides is 1. The quantitative estimate of drug-likeness (QED) is 0.565. The summed E-state index contributed by atoms with van der Waals surface area (Å²) in [6.07, 6.45) is 1.60. The van der Waals surface area contributed by atoms with Crippen molar-refractivity contribution >= 4 is 23.4 Å². The molecule has 0 unspecified atom stereocenters. The maximum absolute atomic E-state index is 13.0. The predicted molar refractivity (Wildman–Crippen MR) is 126 cm³/mol. The molecule has 0 saturated carbocycles. The molecule has 9 heteroatoms. The Labute approximate surface area is 192 Å². The van der Waals surface area contributed by atoms with Crippen molar-refractivity contribution < 1.29 is 13.9 Å². The van der Waals surface area contributed by atoms with Crippen molar-refractivity contribution in [3.63, 3.8) is 0 Å². The van der Waals surface area contributed by atoms with Crippen LogP contribution < -0.4 is 15.5 Å². The smallest absolute Gasteiger partial charge is 0.255 e. The summed E-state index contributed by atoms with van der Waals surface area (Å²) in [6, 6.07) is 10.3. The van der Waals surface area contributed by atoms with Gasteiger partial charge in [-0.15, -0.1) is 0 Å². The Morgan fingerprint density at radius 1 is 1.18 bits per heavy atom. The summed E-state index contributed by atoms with van der Waals surface area (Å²) in [5, 5.41) is 6.05. The van der Waals surface area contributed by atoms with Crippen molar-refractivity contribution in [3.8, 4) is 11.3 Å². The monoisotopic (exact) mass is 450 g/mol. The van der Waals surface area contributed by atoms with Crippen LogP contribution in [0, 0.1) is 6.92 Å². The molecular formula is C24H27FN6O2. The summed E-state index contributed by atoms with van der Waals surface area (Å²) in [7, 11) is 0. The third-order valence-corrected chi connectivity index (χ3v) is 5.35. The molecule has 2 aromatic heterocycles. The number of rotatable bonds is 7. The number of aryl methyl sites for hydroxylation is 1. The molecule has 8 nitrogen and oxygen atoms in total. The Hall–Kier alpha value is -3.59. The molecule has 172 valence electrons. The van der Waals surface area contributed by atoms with Crippen LogP contribution >= 0.6 is 0 Å². The summed E-state index contributed by atoms with van der Waals surface area (Å²) in [4.78, 5) is 28.7. The van der Waals surface area contributed by atoms with Gasteiger partial charge in [0, 0.05) is 42.5 Å². The first-order valence-electron chi connectivity index (χ1n) is 11.0. The van der Waals surface area contributed by atoms with Gasteiger partial charge in [-0.1, -0.05) is 12.1 Å². The van der Waals surface area contributed by atoms with Gasteiger partial charge in [0.25, 0.3) is 5.91 Å². The third kappa shape index (κ3) is 5.43. The first kappa shape index (κ1) is 22.6. The third-order valence-electron chi connectivity index (χ3n) is 5.35. The SMILES string of the molecule is CCNc1nc(-c2cc(NC(=O)c3cccc(CF)c3)cnc2C)cc(N2CCOCC2)n1. The number of amides is 1. The lowest BCUT2D eigenvalue weighted by atomic mass is 10.1. The molecule has 0 aliphatic carbocycles. The Balaban J connectivity index is 1.65.